The quantitative estimate of drug-likeness (QED) is 0.583. The van der Waals surface area contributed by atoms with Crippen molar-refractivity contribution in [2.75, 3.05) is 18.0 Å². The van der Waals surface area contributed by atoms with Crippen molar-refractivity contribution in [1.82, 2.24) is 4.90 Å². The number of amides is 2. The number of rotatable bonds is 3. The zero-order valence-electron chi connectivity index (χ0n) is 17.3. The molecule has 4 rings (SSSR count). The maximum absolute atomic E-state index is 13.7. The summed E-state index contributed by atoms with van der Waals surface area (Å²) in [4.78, 5) is 30.7. The molecule has 4 nitrogen and oxygen atoms in total. The van der Waals surface area contributed by atoms with Crippen LogP contribution >= 0.6 is 23.2 Å². The molecule has 1 fully saturated rings. The molecule has 0 radical (unpaired) electrons. The lowest BCUT2D eigenvalue weighted by molar-refractivity contribution is -0.120. The number of likely N-dealkylation sites (tertiary alicyclic amines) is 1. The van der Waals surface area contributed by atoms with Gasteiger partial charge in [0, 0.05) is 23.7 Å². The molecular weight excluding hydrogens is 419 g/mol. The van der Waals surface area contributed by atoms with E-state index in [0.717, 1.165) is 25.1 Å². The summed E-state index contributed by atoms with van der Waals surface area (Å²) < 4.78 is 0. The minimum absolute atomic E-state index is 0.295. The predicted molar refractivity (Wildman–Crippen MR) is 122 cm³/mol. The molecule has 2 aliphatic rings. The molecule has 2 aromatic rings. The van der Waals surface area contributed by atoms with Crippen molar-refractivity contribution in [2.24, 2.45) is 11.8 Å². The Bertz CT molecular complexity index is 1050. The standard InChI is InChI=1S/C24H24Cl2N2O2/c1-14-10-15(2)13-27(12-14)22-21(18-9-8-17(25)11-19(18)26)23(29)28(24(22)30)20-7-5-4-6-16(20)3/h4-9,11,14-15H,10,12-13H2,1-3H3. The van der Waals surface area contributed by atoms with Gasteiger partial charge in [0.05, 0.1) is 16.3 Å². The average molecular weight is 443 g/mol. The van der Waals surface area contributed by atoms with E-state index in [1.54, 1.807) is 24.3 Å². The van der Waals surface area contributed by atoms with Gasteiger partial charge in [-0.25, -0.2) is 4.90 Å². The predicted octanol–water partition coefficient (Wildman–Crippen LogP) is 5.56. The smallest absolute Gasteiger partial charge is 0.282 e. The van der Waals surface area contributed by atoms with Crippen LogP contribution in [0.4, 0.5) is 5.69 Å². The second-order valence-corrected chi connectivity index (χ2v) is 9.27. The van der Waals surface area contributed by atoms with Crippen LogP contribution in [0, 0.1) is 18.8 Å². The van der Waals surface area contributed by atoms with Gasteiger partial charge in [-0.1, -0.05) is 61.3 Å². The van der Waals surface area contributed by atoms with E-state index in [2.05, 4.69) is 18.7 Å². The molecule has 2 heterocycles. The number of piperidine rings is 1. The summed E-state index contributed by atoms with van der Waals surface area (Å²) in [6.45, 7) is 7.72. The largest absolute Gasteiger partial charge is 0.366 e. The third kappa shape index (κ3) is 3.63. The van der Waals surface area contributed by atoms with Crippen LogP contribution in [0.25, 0.3) is 5.57 Å². The third-order valence-electron chi connectivity index (χ3n) is 5.80. The summed E-state index contributed by atoms with van der Waals surface area (Å²) in [7, 11) is 0. The van der Waals surface area contributed by atoms with Crippen molar-refractivity contribution in [1.29, 1.82) is 0 Å². The number of benzene rings is 2. The second-order valence-electron chi connectivity index (χ2n) is 8.43. The van der Waals surface area contributed by atoms with Crippen LogP contribution in [0.1, 0.15) is 31.4 Å². The zero-order valence-corrected chi connectivity index (χ0v) is 18.8. The van der Waals surface area contributed by atoms with Crippen LogP contribution in [0.15, 0.2) is 48.2 Å². The van der Waals surface area contributed by atoms with E-state index in [-0.39, 0.29) is 11.8 Å². The fourth-order valence-corrected chi connectivity index (χ4v) is 5.13. The van der Waals surface area contributed by atoms with Crippen LogP contribution < -0.4 is 4.90 Å². The topological polar surface area (TPSA) is 40.6 Å². The summed E-state index contributed by atoms with van der Waals surface area (Å²) >= 11 is 12.6. The van der Waals surface area contributed by atoms with Crippen LogP contribution in [0.2, 0.25) is 10.0 Å². The molecule has 2 aromatic carbocycles. The van der Waals surface area contributed by atoms with Crippen molar-refractivity contribution in [3.8, 4) is 0 Å². The summed E-state index contributed by atoms with van der Waals surface area (Å²) in [5.74, 6) is 0.216. The fraction of sp³-hybridized carbons (Fsp3) is 0.333. The Morgan fingerprint density at radius 2 is 1.60 bits per heavy atom. The van der Waals surface area contributed by atoms with Crippen LogP contribution in [-0.4, -0.2) is 29.8 Å². The second kappa shape index (κ2) is 8.09. The number of carbonyl (C=O) groups excluding carboxylic acids is 2. The van der Waals surface area contributed by atoms with Crippen molar-refractivity contribution in [2.45, 2.75) is 27.2 Å². The molecule has 0 aromatic heterocycles. The molecule has 0 saturated carbocycles. The first-order valence-corrected chi connectivity index (χ1v) is 10.9. The number of hydrogen-bond donors (Lipinski definition) is 0. The lowest BCUT2D eigenvalue weighted by Crippen LogP contribution is -2.42. The molecule has 0 N–H and O–H groups in total. The Labute approximate surface area is 187 Å². The van der Waals surface area contributed by atoms with Crippen LogP contribution in [-0.2, 0) is 9.59 Å². The van der Waals surface area contributed by atoms with E-state index in [4.69, 9.17) is 23.2 Å². The molecule has 156 valence electrons. The minimum Gasteiger partial charge on any atom is -0.366 e. The van der Waals surface area contributed by atoms with Crippen molar-refractivity contribution in [3.05, 3.63) is 69.3 Å². The van der Waals surface area contributed by atoms with Gasteiger partial charge in [0.2, 0.25) is 0 Å². The molecule has 2 amide bonds. The van der Waals surface area contributed by atoms with Gasteiger partial charge in [0.15, 0.2) is 0 Å². The first-order valence-electron chi connectivity index (χ1n) is 10.2. The normalized spacial score (nSPS) is 22.3. The van der Waals surface area contributed by atoms with Gasteiger partial charge in [-0.15, -0.1) is 0 Å². The maximum Gasteiger partial charge on any atom is 0.282 e. The number of aryl methyl sites for hydroxylation is 1. The van der Waals surface area contributed by atoms with E-state index in [1.165, 1.54) is 4.90 Å². The van der Waals surface area contributed by atoms with Gasteiger partial charge in [-0.3, -0.25) is 9.59 Å². The van der Waals surface area contributed by atoms with Gasteiger partial charge < -0.3 is 4.90 Å². The maximum atomic E-state index is 13.7. The van der Waals surface area contributed by atoms with E-state index in [9.17, 15) is 9.59 Å². The molecule has 0 aliphatic carbocycles. The van der Waals surface area contributed by atoms with E-state index < -0.39 is 0 Å². The highest BCUT2D eigenvalue weighted by molar-refractivity contribution is 6.47. The number of para-hydroxylation sites is 1. The first kappa shape index (κ1) is 21.0. The lowest BCUT2D eigenvalue weighted by Gasteiger charge is -2.37. The number of halogens is 2. The highest BCUT2D eigenvalue weighted by Crippen LogP contribution is 2.40. The average Bonchev–Trinajstić information content (AvgIpc) is 2.92. The number of nitrogens with zero attached hydrogens (tertiary/aromatic N) is 2. The summed E-state index contributed by atoms with van der Waals surface area (Å²) in [6, 6.07) is 12.5. The highest BCUT2D eigenvalue weighted by atomic mass is 35.5. The molecule has 30 heavy (non-hydrogen) atoms. The zero-order chi connectivity index (χ0) is 21.6. The van der Waals surface area contributed by atoms with E-state index in [1.807, 2.05) is 25.1 Å². The SMILES string of the molecule is Cc1ccccc1N1C(=O)C(c2ccc(Cl)cc2Cl)=C(N2CC(C)CC(C)C2)C1=O. The van der Waals surface area contributed by atoms with Gasteiger partial charge in [0.25, 0.3) is 11.8 Å². The van der Waals surface area contributed by atoms with Gasteiger partial charge in [0.1, 0.15) is 5.70 Å². The van der Waals surface area contributed by atoms with Gasteiger partial charge >= 0.3 is 0 Å². The summed E-state index contributed by atoms with van der Waals surface area (Å²) in [6.07, 6.45) is 1.10. The Hall–Kier alpha value is -2.30. The highest BCUT2D eigenvalue weighted by Gasteiger charge is 2.44. The van der Waals surface area contributed by atoms with Crippen molar-refractivity contribution < 1.29 is 9.59 Å². The Balaban J connectivity index is 1.89. The van der Waals surface area contributed by atoms with Gasteiger partial charge in [-0.05, 0) is 48.9 Å². The first-order chi connectivity index (χ1) is 14.3. The monoisotopic (exact) mass is 442 g/mol. The molecule has 1 saturated heterocycles. The summed E-state index contributed by atoms with van der Waals surface area (Å²) in [5, 5.41) is 0.847. The number of imide groups is 1. The Morgan fingerprint density at radius 3 is 2.23 bits per heavy atom. The summed E-state index contributed by atoms with van der Waals surface area (Å²) in [5.41, 5.74) is 2.79. The van der Waals surface area contributed by atoms with Crippen molar-refractivity contribution >= 4 is 46.3 Å². The van der Waals surface area contributed by atoms with E-state index in [0.29, 0.717) is 44.4 Å². The van der Waals surface area contributed by atoms with Crippen molar-refractivity contribution in [3.63, 3.8) is 0 Å². The number of anilines is 1. The minimum atomic E-state index is -0.348. The number of hydrogen-bond acceptors (Lipinski definition) is 3. The van der Waals surface area contributed by atoms with Gasteiger partial charge in [-0.2, -0.15) is 0 Å². The molecule has 0 bridgehead atoms. The molecule has 2 unspecified atom stereocenters. The Kier molecular flexibility index (Phi) is 5.65. The van der Waals surface area contributed by atoms with Crippen LogP contribution in [0.3, 0.4) is 0 Å². The van der Waals surface area contributed by atoms with E-state index >= 15 is 0 Å². The molecule has 2 aliphatic heterocycles. The number of carbonyl (C=O) groups is 2. The van der Waals surface area contributed by atoms with Crippen LogP contribution in [0.5, 0.6) is 0 Å². The Morgan fingerprint density at radius 1 is 0.933 bits per heavy atom. The molecule has 0 spiro atoms. The molecule has 2 atom stereocenters. The molecule has 6 heteroatoms. The third-order valence-corrected chi connectivity index (χ3v) is 6.35. The lowest BCUT2D eigenvalue weighted by atomic mass is 9.91. The fourth-order valence-electron chi connectivity index (χ4n) is 4.63. The molecular formula is C24H24Cl2N2O2.